The molecule has 23 heavy (non-hydrogen) atoms. The third kappa shape index (κ3) is 4.37. The molecule has 0 heterocycles. The van der Waals surface area contributed by atoms with Gasteiger partial charge in [-0.2, -0.15) is 0 Å². The summed E-state index contributed by atoms with van der Waals surface area (Å²) in [6, 6.07) is 13.2. The minimum atomic E-state index is -1.06. The lowest BCUT2D eigenvalue weighted by molar-refractivity contribution is -0.384. The molecule has 2 aromatic rings. The van der Waals surface area contributed by atoms with Crippen molar-refractivity contribution in [1.29, 1.82) is 0 Å². The fourth-order valence-electron chi connectivity index (χ4n) is 2.11. The number of carbonyl (C=O) groups excluding carboxylic acids is 1. The molecule has 0 aromatic heterocycles. The van der Waals surface area contributed by atoms with Gasteiger partial charge >= 0.3 is 5.97 Å². The zero-order valence-electron chi connectivity index (χ0n) is 12.0. The number of hydrogen-bond donors (Lipinski definition) is 2. The molecule has 2 N–H and O–H groups in total. The Morgan fingerprint density at radius 3 is 2.43 bits per heavy atom. The number of benzene rings is 2. The van der Waals surface area contributed by atoms with Crippen molar-refractivity contribution in [3.05, 3.63) is 75.8 Å². The van der Waals surface area contributed by atoms with Crippen molar-refractivity contribution in [3.8, 4) is 0 Å². The van der Waals surface area contributed by atoms with Crippen LogP contribution in [0.4, 0.5) is 5.69 Å². The normalized spacial score (nSPS) is 11.5. The van der Waals surface area contributed by atoms with Gasteiger partial charge in [0.25, 0.3) is 11.6 Å². The van der Waals surface area contributed by atoms with E-state index in [0.29, 0.717) is 5.56 Å². The lowest BCUT2D eigenvalue weighted by Gasteiger charge is -2.17. The Labute approximate surface area is 131 Å². The number of carboxylic acids is 1. The summed E-state index contributed by atoms with van der Waals surface area (Å²) in [5.41, 5.74) is 0.548. The van der Waals surface area contributed by atoms with Gasteiger partial charge in [-0.05, 0) is 11.6 Å². The molecule has 0 bridgehead atoms. The van der Waals surface area contributed by atoms with E-state index in [-0.39, 0.29) is 17.7 Å². The van der Waals surface area contributed by atoms with E-state index in [1.807, 2.05) is 0 Å². The molecule has 0 spiro atoms. The second-order valence-electron chi connectivity index (χ2n) is 4.84. The van der Waals surface area contributed by atoms with Gasteiger partial charge in [0.05, 0.1) is 17.4 Å². The molecule has 2 aromatic carbocycles. The maximum Gasteiger partial charge on any atom is 0.305 e. The summed E-state index contributed by atoms with van der Waals surface area (Å²) in [5.74, 6) is -1.62. The van der Waals surface area contributed by atoms with Gasteiger partial charge in [-0.1, -0.05) is 36.4 Å². The number of nitro groups is 1. The van der Waals surface area contributed by atoms with Crippen molar-refractivity contribution in [2.75, 3.05) is 0 Å². The average Bonchev–Trinajstić information content (AvgIpc) is 2.54. The maximum absolute atomic E-state index is 12.3. The first-order valence-electron chi connectivity index (χ1n) is 6.79. The maximum atomic E-state index is 12.3. The van der Waals surface area contributed by atoms with Crippen LogP contribution in [0, 0.1) is 10.1 Å². The fourth-order valence-corrected chi connectivity index (χ4v) is 2.11. The quantitative estimate of drug-likeness (QED) is 0.629. The second-order valence-corrected chi connectivity index (χ2v) is 4.84. The predicted octanol–water partition coefficient (Wildman–Crippen LogP) is 2.54. The molecule has 0 aliphatic rings. The van der Waals surface area contributed by atoms with Gasteiger partial charge in [0.2, 0.25) is 0 Å². The number of rotatable bonds is 6. The lowest BCUT2D eigenvalue weighted by atomic mass is 10.0. The summed E-state index contributed by atoms with van der Waals surface area (Å²) in [4.78, 5) is 33.4. The molecule has 0 aliphatic heterocycles. The van der Waals surface area contributed by atoms with Gasteiger partial charge in [-0.15, -0.1) is 0 Å². The van der Waals surface area contributed by atoms with Crippen LogP contribution in [0.15, 0.2) is 54.6 Å². The highest BCUT2D eigenvalue weighted by atomic mass is 16.6. The molecule has 7 heteroatoms. The molecule has 0 saturated carbocycles. The lowest BCUT2D eigenvalue weighted by Crippen LogP contribution is -2.30. The fraction of sp³-hybridized carbons (Fsp3) is 0.125. The van der Waals surface area contributed by atoms with E-state index < -0.39 is 22.8 Å². The summed E-state index contributed by atoms with van der Waals surface area (Å²) in [6.07, 6.45) is -0.287. The minimum absolute atomic E-state index is 0.102. The molecule has 0 saturated heterocycles. The van der Waals surface area contributed by atoms with Crippen LogP contribution in [-0.4, -0.2) is 21.9 Å². The van der Waals surface area contributed by atoms with Gasteiger partial charge in [-0.25, -0.2) is 0 Å². The molecule has 0 aliphatic carbocycles. The second kappa shape index (κ2) is 7.17. The number of nitrogens with zero attached hydrogens (tertiary/aromatic N) is 1. The monoisotopic (exact) mass is 314 g/mol. The van der Waals surface area contributed by atoms with Crippen LogP contribution in [0.25, 0.3) is 0 Å². The topological polar surface area (TPSA) is 110 Å². The number of amides is 1. The van der Waals surface area contributed by atoms with E-state index in [4.69, 9.17) is 5.11 Å². The van der Waals surface area contributed by atoms with Crippen LogP contribution in [0.2, 0.25) is 0 Å². The first-order chi connectivity index (χ1) is 11.0. The van der Waals surface area contributed by atoms with Gasteiger partial charge in [0.15, 0.2) is 0 Å². The molecular formula is C16H14N2O5. The first kappa shape index (κ1) is 16.2. The van der Waals surface area contributed by atoms with E-state index >= 15 is 0 Å². The highest BCUT2D eigenvalue weighted by molar-refractivity contribution is 5.95. The number of non-ortho nitro benzene ring substituents is 1. The summed E-state index contributed by atoms with van der Waals surface area (Å²) < 4.78 is 0. The van der Waals surface area contributed by atoms with Crippen molar-refractivity contribution in [1.82, 2.24) is 5.32 Å². The van der Waals surface area contributed by atoms with Crippen molar-refractivity contribution in [2.24, 2.45) is 0 Å². The van der Waals surface area contributed by atoms with E-state index in [9.17, 15) is 19.7 Å². The number of nitrogens with one attached hydrogen (secondary N) is 1. The average molecular weight is 314 g/mol. The first-order valence-corrected chi connectivity index (χ1v) is 6.79. The third-order valence-corrected chi connectivity index (χ3v) is 3.21. The molecule has 0 radical (unpaired) electrons. The van der Waals surface area contributed by atoms with Crippen LogP contribution in [0.5, 0.6) is 0 Å². The van der Waals surface area contributed by atoms with E-state index in [2.05, 4.69) is 5.32 Å². The molecule has 0 unspecified atom stereocenters. The summed E-state index contributed by atoms with van der Waals surface area (Å²) >= 11 is 0. The van der Waals surface area contributed by atoms with E-state index in [1.165, 1.54) is 18.2 Å². The van der Waals surface area contributed by atoms with E-state index in [0.717, 1.165) is 6.07 Å². The van der Waals surface area contributed by atoms with Crippen LogP contribution in [-0.2, 0) is 4.79 Å². The van der Waals surface area contributed by atoms with E-state index in [1.54, 1.807) is 30.3 Å². The number of hydrogen-bond acceptors (Lipinski definition) is 4. The summed E-state index contributed by atoms with van der Waals surface area (Å²) in [7, 11) is 0. The van der Waals surface area contributed by atoms with Crippen molar-refractivity contribution in [2.45, 2.75) is 12.5 Å². The Hall–Kier alpha value is -3.22. The molecule has 7 nitrogen and oxygen atoms in total. The number of aliphatic carboxylic acids is 1. The number of nitro benzene ring substituents is 1. The Morgan fingerprint density at radius 1 is 1.13 bits per heavy atom. The molecule has 2 rings (SSSR count). The number of carbonyl (C=O) groups is 2. The largest absolute Gasteiger partial charge is 0.481 e. The van der Waals surface area contributed by atoms with Crippen molar-refractivity contribution >= 4 is 17.6 Å². The van der Waals surface area contributed by atoms with Crippen LogP contribution in [0.1, 0.15) is 28.4 Å². The summed E-state index contributed by atoms with van der Waals surface area (Å²) in [5, 5.41) is 22.4. The predicted molar refractivity (Wildman–Crippen MR) is 82.0 cm³/mol. The Morgan fingerprint density at radius 2 is 1.83 bits per heavy atom. The van der Waals surface area contributed by atoms with Gasteiger partial charge in [-0.3, -0.25) is 19.7 Å². The molecule has 118 valence electrons. The molecule has 1 amide bonds. The Balaban J connectivity index is 2.22. The Bertz CT molecular complexity index is 730. The van der Waals surface area contributed by atoms with Crippen LogP contribution < -0.4 is 5.32 Å². The van der Waals surface area contributed by atoms with Crippen molar-refractivity contribution in [3.63, 3.8) is 0 Å². The van der Waals surface area contributed by atoms with Crippen LogP contribution >= 0.6 is 0 Å². The van der Waals surface area contributed by atoms with Crippen LogP contribution in [0.3, 0.4) is 0 Å². The SMILES string of the molecule is O=C(O)C[C@H](NC(=O)c1cccc([N+](=O)[O-])c1)c1ccccc1. The van der Waals surface area contributed by atoms with Gasteiger partial charge in [0.1, 0.15) is 0 Å². The standard InChI is InChI=1S/C16H14N2O5/c19-15(20)10-14(11-5-2-1-3-6-11)17-16(21)12-7-4-8-13(9-12)18(22)23/h1-9,14H,10H2,(H,17,21)(H,19,20)/t14-/m0/s1. The summed E-state index contributed by atoms with van der Waals surface area (Å²) in [6.45, 7) is 0. The zero-order chi connectivity index (χ0) is 16.8. The smallest absolute Gasteiger partial charge is 0.305 e. The van der Waals surface area contributed by atoms with Gasteiger partial charge < -0.3 is 10.4 Å². The highest BCUT2D eigenvalue weighted by Gasteiger charge is 2.19. The molecular weight excluding hydrogens is 300 g/mol. The Kier molecular flexibility index (Phi) is 5.03. The molecule has 1 atom stereocenters. The minimum Gasteiger partial charge on any atom is -0.481 e. The third-order valence-electron chi connectivity index (χ3n) is 3.21. The zero-order valence-corrected chi connectivity index (χ0v) is 12.0. The highest BCUT2D eigenvalue weighted by Crippen LogP contribution is 2.19. The van der Waals surface area contributed by atoms with Gasteiger partial charge in [0, 0.05) is 17.7 Å². The molecule has 0 fully saturated rings. The number of carboxylic acid groups (broad SMARTS) is 1. The van der Waals surface area contributed by atoms with Crippen molar-refractivity contribution < 1.29 is 19.6 Å².